The van der Waals surface area contributed by atoms with E-state index in [-0.39, 0.29) is 5.72 Å². The standard InChI is InChI=1S/C15H30N2O/c1-4-5-14-6-9-16-15(18-14)7-10-17(11-8-15)12-13(2)3/h13-14,16H,4-12H2,1-3H3. The maximum Gasteiger partial charge on any atom is 0.122 e. The minimum absolute atomic E-state index is 0.00552. The Morgan fingerprint density at radius 3 is 2.67 bits per heavy atom. The van der Waals surface area contributed by atoms with Gasteiger partial charge in [-0.15, -0.1) is 0 Å². The average Bonchev–Trinajstić information content (AvgIpc) is 2.33. The lowest BCUT2D eigenvalue weighted by molar-refractivity contribution is -0.168. The summed E-state index contributed by atoms with van der Waals surface area (Å²) in [6.45, 7) is 11.6. The highest BCUT2D eigenvalue weighted by Gasteiger charge is 2.39. The average molecular weight is 254 g/mol. The molecular weight excluding hydrogens is 224 g/mol. The molecule has 18 heavy (non-hydrogen) atoms. The van der Waals surface area contributed by atoms with Gasteiger partial charge in [-0.2, -0.15) is 0 Å². The summed E-state index contributed by atoms with van der Waals surface area (Å²) in [5, 5.41) is 3.65. The molecule has 1 atom stereocenters. The summed E-state index contributed by atoms with van der Waals surface area (Å²) in [5.41, 5.74) is 0.00552. The summed E-state index contributed by atoms with van der Waals surface area (Å²) in [4.78, 5) is 2.59. The van der Waals surface area contributed by atoms with Gasteiger partial charge in [-0.3, -0.25) is 5.32 Å². The second-order valence-corrected chi connectivity index (χ2v) is 6.43. The highest BCUT2D eigenvalue weighted by Crippen LogP contribution is 2.30. The highest BCUT2D eigenvalue weighted by atomic mass is 16.5. The molecule has 0 saturated carbocycles. The molecule has 1 spiro atoms. The fourth-order valence-electron chi connectivity index (χ4n) is 3.31. The summed E-state index contributed by atoms with van der Waals surface area (Å²) in [6, 6.07) is 0. The van der Waals surface area contributed by atoms with Crippen LogP contribution in [0, 0.1) is 5.92 Å². The minimum atomic E-state index is 0.00552. The Kier molecular flexibility index (Phi) is 5.05. The first-order valence-corrected chi connectivity index (χ1v) is 7.79. The second-order valence-electron chi connectivity index (χ2n) is 6.43. The van der Waals surface area contributed by atoms with Gasteiger partial charge in [-0.25, -0.2) is 0 Å². The van der Waals surface area contributed by atoms with Crippen LogP contribution < -0.4 is 5.32 Å². The summed E-state index contributed by atoms with van der Waals surface area (Å²) in [6.07, 6.45) is 6.44. The van der Waals surface area contributed by atoms with Crippen molar-refractivity contribution in [1.29, 1.82) is 0 Å². The maximum absolute atomic E-state index is 6.37. The number of ether oxygens (including phenoxy) is 1. The van der Waals surface area contributed by atoms with Crippen molar-refractivity contribution in [3.63, 3.8) is 0 Å². The Labute approximate surface area is 112 Å². The van der Waals surface area contributed by atoms with E-state index in [1.54, 1.807) is 0 Å². The molecule has 0 radical (unpaired) electrons. The molecule has 0 aromatic carbocycles. The van der Waals surface area contributed by atoms with Crippen molar-refractivity contribution in [2.24, 2.45) is 5.92 Å². The molecule has 0 aromatic rings. The third-order valence-electron chi connectivity index (χ3n) is 4.20. The third-order valence-corrected chi connectivity index (χ3v) is 4.20. The van der Waals surface area contributed by atoms with Gasteiger partial charge in [-0.1, -0.05) is 27.2 Å². The molecule has 3 nitrogen and oxygen atoms in total. The van der Waals surface area contributed by atoms with Crippen LogP contribution in [-0.4, -0.2) is 42.9 Å². The molecule has 2 fully saturated rings. The van der Waals surface area contributed by atoms with Gasteiger partial charge in [0.15, 0.2) is 0 Å². The number of nitrogens with one attached hydrogen (secondary N) is 1. The van der Waals surface area contributed by atoms with Gasteiger partial charge in [0.1, 0.15) is 5.72 Å². The van der Waals surface area contributed by atoms with Crippen LogP contribution in [0.4, 0.5) is 0 Å². The number of rotatable bonds is 4. The minimum Gasteiger partial charge on any atom is -0.357 e. The third kappa shape index (κ3) is 3.69. The lowest BCUT2D eigenvalue weighted by atomic mass is 9.95. The molecule has 3 heteroatoms. The van der Waals surface area contributed by atoms with Crippen LogP contribution in [-0.2, 0) is 4.74 Å². The van der Waals surface area contributed by atoms with E-state index in [1.807, 2.05) is 0 Å². The van der Waals surface area contributed by atoms with Crippen molar-refractivity contribution in [3.05, 3.63) is 0 Å². The van der Waals surface area contributed by atoms with Gasteiger partial charge in [0, 0.05) is 39.0 Å². The van der Waals surface area contributed by atoms with E-state index in [0.29, 0.717) is 6.10 Å². The smallest absolute Gasteiger partial charge is 0.122 e. The van der Waals surface area contributed by atoms with Crippen molar-refractivity contribution < 1.29 is 4.74 Å². The maximum atomic E-state index is 6.37. The van der Waals surface area contributed by atoms with E-state index in [0.717, 1.165) is 25.3 Å². The van der Waals surface area contributed by atoms with Crippen LogP contribution in [0.1, 0.15) is 52.9 Å². The van der Waals surface area contributed by atoms with Crippen LogP contribution in [0.15, 0.2) is 0 Å². The molecule has 1 unspecified atom stereocenters. The molecule has 2 rings (SSSR count). The SMILES string of the molecule is CCCC1CCNC2(CCN(CC(C)C)CC2)O1. The molecule has 2 heterocycles. The molecule has 1 N–H and O–H groups in total. The monoisotopic (exact) mass is 254 g/mol. The van der Waals surface area contributed by atoms with Crippen molar-refractivity contribution >= 4 is 0 Å². The number of hydrogen-bond acceptors (Lipinski definition) is 3. The van der Waals surface area contributed by atoms with E-state index in [4.69, 9.17) is 4.74 Å². The van der Waals surface area contributed by atoms with E-state index in [2.05, 4.69) is 31.0 Å². The lowest BCUT2D eigenvalue weighted by Crippen LogP contribution is -2.60. The molecule has 0 bridgehead atoms. The molecule has 2 aliphatic heterocycles. The van der Waals surface area contributed by atoms with Gasteiger partial charge in [-0.05, 0) is 18.8 Å². The van der Waals surface area contributed by atoms with E-state index < -0.39 is 0 Å². The first-order chi connectivity index (χ1) is 8.63. The fraction of sp³-hybridized carbons (Fsp3) is 1.00. The molecular formula is C15H30N2O. The number of likely N-dealkylation sites (tertiary alicyclic amines) is 1. The fourth-order valence-corrected chi connectivity index (χ4v) is 3.31. The quantitative estimate of drug-likeness (QED) is 0.834. The van der Waals surface area contributed by atoms with Crippen LogP contribution in [0.3, 0.4) is 0 Å². The lowest BCUT2D eigenvalue weighted by Gasteiger charge is -2.47. The topological polar surface area (TPSA) is 24.5 Å². The normalized spacial score (nSPS) is 29.0. The van der Waals surface area contributed by atoms with Gasteiger partial charge >= 0.3 is 0 Å². The molecule has 0 aromatic heterocycles. The molecule has 2 saturated heterocycles. The molecule has 0 aliphatic carbocycles. The molecule has 106 valence electrons. The van der Waals surface area contributed by atoms with Crippen molar-refractivity contribution in [3.8, 4) is 0 Å². The van der Waals surface area contributed by atoms with Crippen LogP contribution >= 0.6 is 0 Å². The summed E-state index contributed by atoms with van der Waals surface area (Å²) in [7, 11) is 0. The second kappa shape index (κ2) is 6.36. The Balaban J connectivity index is 1.83. The number of piperidine rings is 1. The van der Waals surface area contributed by atoms with Gasteiger partial charge < -0.3 is 9.64 Å². The predicted molar refractivity (Wildman–Crippen MR) is 75.6 cm³/mol. The Bertz CT molecular complexity index is 245. The predicted octanol–water partition coefficient (Wildman–Crippen LogP) is 2.61. The van der Waals surface area contributed by atoms with E-state index >= 15 is 0 Å². The molecule has 2 aliphatic rings. The largest absolute Gasteiger partial charge is 0.357 e. The molecule has 0 amide bonds. The Hall–Kier alpha value is -0.120. The first kappa shape index (κ1) is 14.3. The highest BCUT2D eigenvalue weighted by molar-refractivity contribution is 4.89. The van der Waals surface area contributed by atoms with Crippen LogP contribution in [0.25, 0.3) is 0 Å². The van der Waals surface area contributed by atoms with Crippen LogP contribution in [0.5, 0.6) is 0 Å². The van der Waals surface area contributed by atoms with Crippen molar-refractivity contribution in [2.75, 3.05) is 26.2 Å². The Morgan fingerprint density at radius 2 is 2.06 bits per heavy atom. The first-order valence-electron chi connectivity index (χ1n) is 7.79. The zero-order valence-corrected chi connectivity index (χ0v) is 12.4. The van der Waals surface area contributed by atoms with Gasteiger partial charge in [0.2, 0.25) is 0 Å². The van der Waals surface area contributed by atoms with E-state index in [1.165, 1.54) is 38.9 Å². The summed E-state index contributed by atoms with van der Waals surface area (Å²) in [5.74, 6) is 0.770. The number of hydrogen-bond donors (Lipinski definition) is 1. The van der Waals surface area contributed by atoms with Gasteiger partial charge in [0.05, 0.1) is 6.10 Å². The van der Waals surface area contributed by atoms with E-state index in [9.17, 15) is 0 Å². The Morgan fingerprint density at radius 1 is 1.33 bits per heavy atom. The zero-order valence-electron chi connectivity index (χ0n) is 12.4. The van der Waals surface area contributed by atoms with Gasteiger partial charge in [0.25, 0.3) is 0 Å². The van der Waals surface area contributed by atoms with Crippen LogP contribution in [0.2, 0.25) is 0 Å². The van der Waals surface area contributed by atoms with Crippen molar-refractivity contribution in [2.45, 2.75) is 64.7 Å². The summed E-state index contributed by atoms with van der Waals surface area (Å²) >= 11 is 0. The number of nitrogens with zero attached hydrogens (tertiary/aromatic N) is 1. The summed E-state index contributed by atoms with van der Waals surface area (Å²) < 4.78 is 6.37. The zero-order chi connectivity index (χ0) is 13.0. The van der Waals surface area contributed by atoms with Crippen molar-refractivity contribution in [1.82, 2.24) is 10.2 Å².